The molecule has 3 fully saturated rings. The summed E-state index contributed by atoms with van der Waals surface area (Å²) in [5.41, 5.74) is 1.50. The lowest BCUT2D eigenvalue weighted by Gasteiger charge is -2.34. The number of likely N-dealkylation sites (tertiary alicyclic amines) is 1. The highest BCUT2D eigenvalue weighted by atomic mass is 79.9. The average molecular weight is 537 g/mol. The SMILES string of the molecule is CCOC(=O)[C@H]1[C@@H]2O[C@@]3(CC2Br)[C@@H]1C(=O)N(CCCCCO)[C@@H]3C(=O)Nc1c(C)cccc1C. The molecule has 1 spiro atoms. The molecule has 186 valence electrons. The Hall–Kier alpha value is -1.97. The van der Waals surface area contributed by atoms with Crippen molar-refractivity contribution in [3.05, 3.63) is 29.3 Å². The van der Waals surface area contributed by atoms with Crippen LogP contribution in [0.2, 0.25) is 0 Å². The predicted molar refractivity (Wildman–Crippen MR) is 130 cm³/mol. The third-order valence-electron chi connectivity index (χ3n) is 7.38. The maximum Gasteiger partial charge on any atom is 0.312 e. The molecule has 0 saturated carbocycles. The van der Waals surface area contributed by atoms with Crippen LogP contribution in [0.5, 0.6) is 0 Å². The van der Waals surface area contributed by atoms with Gasteiger partial charge >= 0.3 is 5.97 Å². The minimum atomic E-state index is -1.09. The van der Waals surface area contributed by atoms with Crippen LogP contribution < -0.4 is 5.32 Å². The molecule has 2 amide bonds. The number of esters is 1. The zero-order chi connectivity index (χ0) is 24.6. The molecule has 1 aromatic carbocycles. The van der Waals surface area contributed by atoms with Gasteiger partial charge in [0.2, 0.25) is 11.8 Å². The van der Waals surface area contributed by atoms with Gasteiger partial charge in [-0.1, -0.05) is 34.1 Å². The molecule has 1 unspecified atom stereocenters. The third kappa shape index (κ3) is 4.05. The Kier molecular flexibility index (Phi) is 7.36. The maximum absolute atomic E-state index is 13.8. The van der Waals surface area contributed by atoms with Crippen LogP contribution in [-0.4, -0.2) is 70.1 Å². The van der Waals surface area contributed by atoms with Gasteiger partial charge in [-0.15, -0.1) is 0 Å². The lowest BCUT2D eigenvalue weighted by Crippen LogP contribution is -2.54. The Morgan fingerprint density at radius 3 is 2.62 bits per heavy atom. The number of aliphatic hydroxyl groups is 1. The van der Waals surface area contributed by atoms with Gasteiger partial charge in [-0.25, -0.2) is 0 Å². The number of amides is 2. The molecular weight excluding hydrogens is 504 g/mol. The van der Waals surface area contributed by atoms with Gasteiger partial charge in [0.15, 0.2) is 0 Å². The molecule has 8 nitrogen and oxygen atoms in total. The van der Waals surface area contributed by atoms with E-state index >= 15 is 0 Å². The van der Waals surface area contributed by atoms with Crippen LogP contribution in [0, 0.1) is 25.7 Å². The quantitative estimate of drug-likeness (QED) is 0.285. The minimum absolute atomic E-state index is 0.0813. The Bertz CT molecular complexity index is 950. The summed E-state index contributed by atoms with van der Waals surface area (Å²) >= 11 is 3.64. The molecule has 1 aromatic rings. The number of ether oxygens (including phenoxy) is 2. The van der Waals surface area contributed by atoms with Gasteiger partial charge in [0.1, 0.15) is 11.6 Å². The molecule has 3 aliphatic heterocycles. The van der Waals surface area contributed by atoms with E-state index in [1.165, 1.54) is 0 Å². The molecule has 9 heteroatoms. The number of hydrogen-bond acceptors (Lipinski definition) is 6. The zero-order valence-corrected chi connectivity index (χ0v) is 21.5. The van der Waals surface area contributed by atoms with Crippen molar-refractivity contribution < 1.29 is 29.0 Å². The van der Waals surface area contributed by atoms with Crippen molar-refractivity contribution in [1.29, 1.82) is 0 Å². The van der Waals surface area contributed by atoms with Gasteiger partial charge in [0.05, 0.1) is 24.5 Å². The average Bonchev–Trinajstić information content (AvgIpc) is 3.37. The van der Waals surface area contributed by atoms with Gasteiger partial charge in [-0.2, -0.15) is 0 Å². The highest BCUT2D eigenvalue weighted by Crippen LogP contribution is 2.60. The minimum Gasteiger partial charge on any atom is -0.466 e. The predicted octanol–water partition coefficient (Wildman–Crippen LogP) is 2.72. The largest absolute Gasteiger partial charge is 0.466 e. The summed E-state index contributed by atoms with van der Waals surface area (Å²) in [6.45, 7) is 6.25. The fourth-order valence-corrected chi connectivity index (χ4v) is 6.89. The smallest absolute Gasteiger partial charge is 0.312 e. The molecule has 3 saturated heterocycles. The number of aryl methyl sites for hydroxylation is 2. The number of aliphatic hydroxyl groups excluding tert-OH is 1. The van der Waals surface area contributed by atoms with Crippen molar-refractivity contribution in [2.75, 3.05) is 25.1 Å². The number of carbonyl (C=O) groups excluding carboxylic acids is 3. The van der Waals surface area contributed by atoms with Crippen LogP contribution in [-0.2, 0) is 23.9 Å². The molecule has 6 atom stereocenters. The summed E-state index contributed by atoms with van der Waals surface area (Å²) in [7, 11) is 0. The molecule has 4 rings (SSSR count). The normalized spacial score (nSPS) is 31.6. The number of halogens is 1. The Morgan fingerprint density at radius 2 is 1.97 bits per heavy atom. The number of carbonyl (C=O) groups is 3. The summed E-state index contributed by atoms with van der Waals surface area (Å²) in [6, 6.07) is 4.93. The van der Waals surface area contributed by atoms with Gasteiger partial charge < -0.3 is 24.8 Å². The van der Waals surface area contributed by atoms with Crippen molar-refractivity contribution in [3.8, 4) is 0 Å². The van der Waals surface area contributed by atoms with Crippen molar-refractivity contribution in [3.63, 3.8) is 0 Å². The standard InChI is InChI=1S/C25H33BrN2O6/c1-4-33-24(32)17-18-23(31)28(11-6-5-7-12-29)21(25(18)13-16(26)20(17)34-25)22(30)27-19-14(2)9-8-10-15(19)3/h8-10,16-18,20-21,29H,4-7,11-13H2,1-3H3,(H,27,30)/t16?,17-,18+,20-,21-,25+/m1/s1. The first-order valence-corrected chi connectivity index (χ1v) is 12.9. The number of hydrogen-bond donors (Lipinski definition) is 2. The highest BCUT2D eigenvalue weighted by molar-refractivity contribution is 9.09. The third-order valence-corrected chi connectivity index (χ3v) is 8.23. The van der Waals surface area contributed by atoms with Crippen LogP contribution in [0.3, 0.4) is 0 Å². The van der Waals surface area contributed by atoms with Gasteiger partial charge in [-0.3, -0.25) is 14.4 Å². The van der Waals surface area contributed by atoms with Crippen LogP contribution in [0.1, 0.15) is 43.7 Å². The number of benzene rings is 1. The van der Waals surface area contributed by atoms with Gasteiger partial charge in [0, 0.05) is 23.7 Å². The van der Waals surface area contributed by atoms with E-state index in [1.54, 1.807) is 11.8 Å². The van der Waals surface area contributed by atoms with Crippen molar-refractivity contribution in [2.24, 2.45) is 11.8 Å². The molecule has 0 aromatic heterocycles. The number of rotatable bonds is 9. The summed E-state index contributed by atoms with van der Waals surface area (Å²) in [5, 5.41) is 12.2. The molecule has 2 bridgehead atoms. The van der Waals surface area contributed by atoms with Crippen LogP contribution in [0.25, 0.3) is 0 Å². The Balaban J connectivity index is 1.70. The van der Waals surface area contributed by atoms with Gasteiger partial charge in [-0.05, 0) is 57.6 Å². The molecule has 0 radical (unpaired) electrons. The van der Waals surface area contributed by atoms with E-state index in [2.05, 4.69) is 21.2 Å². The first kappa shape index (κ1) is 25.1. The molecule has 3 aliphatic rings. The number of alkyl halides is 1. The van der Waals surface area contributed by atoms with Crippen molar-refractivity contribution >= 4 is 39.4 Å². The zero-order valence-electron chi connectivity index (χ0n) is 19.9. The number of fused-ring (bicyclic) bond motifs is 1. The van der Waals surface area contributed by atoms with E-state index in [0.29, 0.717) is 25.8 Å². The number of para-hydroxylation sites is 1. The van der Waals surface area contributed by atoms with Crippen molar-refractivity contribution in [2.45, 2.75) is 69.0 Å². The van der Waals surface area contributed by atoms with E-state index in [1.807, 2.05) is 32.0 Å². The van der Waals surface area contributed by atoms with Crippen LogP contribution >= 0.6 is 15.9 Å². The van der Waals surface area contributed by atoms with Crippen molar-refractivity contribution in [1.82, 2.24) is 4.90 Å². The summed E-state index contributed by atoms with van der Waals surface area (Å²) in [4.78, 5) is 41.9. The highest BCUT2D eigenvalue weighted by Gasteiger charge is 2.76. The number of anilines is 1. The number of nitrogens with zero attached hydrogens (tertiary/aromatic N) is 1. The lowest BCUT2D eigenvalue weighted by molar-refractivity contribution is -0.154. The maximum atomic E-state index is 13.8. The molecule has 34 heavy (non-hydrogen) atoms. The second kappa shape index (κ2) is 9.95. The molecule has 3 heterocycles. The summed E-state index contributed by atoms with van der Waals surface area (Å²) < 4.78 is 11.7. The Morgan fingerprint density at radius 1 is 1.26 bits per heavy atom. The fraction of sp³-hybridized carbons (Fsp3) is 0.640. The van der Waals surface area contributed by atoms with E-state index in [0.717, 1.165) is 23.2 Å². The second-order valence-electron chi connectivity index (χ2n) is 9.49. The molecule has 0 aliphatic carbocycles. The van der Waals surface area contributed by atoms with Gasteiger partial charge in [0.25, 0.3) is 0 Å². The number of unbranched alkanes of at least 4 members (excludes halogenated alkanes) is 2. The van der Waals surface area contributed by atoms with Crippen LogP contribution in [0.4, 0.5) is 5.69 Å². The fourth-order valence-electron chi connectivity index (χ4n) is 5.95. The van der Waals surface area contributed by atoms with E-state index in [4.69, 9.17) is 14.6 Å². The monoisotopic (exact) mass is 536 g/mol. The molecular formula is C25H33BrN2O6. The van der Waals surface area contributed by atoms with Crippen LogP contribution in [0.15, 0.2) is 18.2 Å². The first-order chi connectivity index (χ1) is 16.3. The summed E-state index contributed by atoms with van der Waals surface area (Å²) in [6.07, 6.45) is 1.95. The summed E-state index contributed by atoms with van der Waals surface area (Å²) in [5.74, 6) is -2.49. The first-order valence-electron chi connectivity index (χ1n) is 12.0. The topological polar surface area (TPSA) is 105 Å². The van der Waals surface area contributed by atoms with E-state index in [9.17, 15) is 14.4 Å². The molecule has 2 N–H and O–H groups in total. The second-order valence-corrected chi connectivity index (χ2v) is 10.7. The number of nitrogens with one attached hydrogen (secondary N) is 1. The Labute approximate surface area is 208 Å². The van der Waals surface area contributed by atoms with E-state index < -0.39 is 35.6 Å². The lowest BCUT2D eigenvalue weighted by atomic mass is 9.70. The van der Waals surface area contributed by atoms with E-state index in [-0.39, 0.29) is 29.9 Å².